The van der Waals surface area contributed by atoms with Crippen molar-refractivity contribution in [2.24, 2.45) is 0 Å². The molecule has 0 amide bonds. The van der Waals surface area contributed by atoms with Gasteiger partial charge in [-0.05, 0) is 36.2 Å². The molecule has 3 rings (SSSR count). The van der Waals surface area contributed by atoms with E-state index in [-0.39, 0.29) is 34.5 Å². The molecule has 0 spiro atoms. The third kappa shape index (κ3) is 3.55. The Bertz CT molecular complexity index is 1030. The average molecular weight is 381 g/mol. The van der Waals surface area contributed by atoms with E-state index in [1.54, 1.807) is 37.3 Å². The minimum Gasteiger partial charge on any atom is -0.507 e. The number of esters is 1. The lowest BCUT2D eigenvalue weighted by molar-refractivity contribution is -0.384. The van der Waals surface area contributed by atoms with Crippen molar-refractivity contribution in [1.82, 2.24) is 0 Å². The van der Waals surface area contributed by atoms with E-state index >= 15 is 4.39 Å². The highest BCUT2D eigenvalue weighted by molar-refractivity contribution is 6.01. The number of halogens is 1. The molecule has 1 N–H and O–H groups in total. The van der Waals surface area contributed by atoms with Gasteiger partial charge in [-0.3, -0.25) is 10.1 Å². The highest BCUT2D eigenvalue weighted by atomic mass is 19.1. The number of rotatable bonds is 5. The van der Waals surface area contributed by atoms with Gasteiger partial charge in [0.2, 0.25) is 0 Å². The van der Waals surface area contributed by atoms with Gasteiger partial charge in [0, 0.05) is 23.3 Å². The van der Waals surface area contributed by atoms with Crippen LogP contribution in [0.5, 0.6) is 5.75 Å². The molecular weight excluding hydrogens is 365 g/mol. The summed E-state index contributed by atoms with van der Waals surface area (Å²) in [4.78, 5) is 22.7. The Hall–Kier alpha value is -3.74. The van der Waals surface area contributed by atoms with Gasteiger partial charge >= 0.3 is 5.97 Å². The first-order valence-electron chi connectivity index (χ1n) is 8.46. The van der Waals surface area contributed by atoms with Gasteiger partial charge in [-0.1, -0.05) is 30.3 Å². The Labute approximate surface area is 160 Å². The highest BCUT2D eigenvalue weighted by Crippen LogP contribution is 2.39. The van der Waals surface area contributed by atoms with Crippen molar-refractivity contribution >= 4 is 11.7 Å². The van der Waals surface area contributed by atoms with Crippen LogP contribution in [0.15, 0.2) is 60.7 Å². The van der Waals surface area contributed by atoms with Crippen LogP contribution >= 0.6 is 0 Å². The van der Waals surface area contributed by atoms with Crippen molar-refractivity contribution in [3.63, 3.8) is 0 Å². The Balaban J connectivity index is 2.28. The van der Waals surface area contributed by atoms with Crippen molar-refractivity contribution in [2.45, 2.75) is 6.92 Å². The Kier molecular flexibility index (Phi) is 5.35. The average Bonchev–Trinajstić information content (AvgIpc) is 2.70. The molecule has 0 heterocycles. The fourth-order valence-corrected chi connectivity index (χ4v) is 2.90. The maximum atomic E-state index is 15.5. The van der Waals surface area contributed by atoms with Crippen LogP contribution in [-0.2, 0) is 4.74 Å². The smallest absolute Gasteiger partial charge is 0.342 e. The van der Waals surface area contributed by atoms with Gasteiger partial charge < -0.3 is 9.84 Å². The number of hydrogen-bond acceptors (Lipinski definition) is 5. The second-order valence-corrected chi connectivity index (χ2v) is 5.90. The van der Waals surface area contributed by atoms with Gasteiger partial charge in [-0.15, -0.1) is 0 Å². The molecule has 142 valence electrons. The summed E-state index contributed by atoms with van der Waals surface area (Å²) in [6, 6.07) is 14.8. The summed E-state index contributed by atoms with van der Waals surface area (Å²) in [5.41, 5.74) is 0.137. The predicted octanol–water partition coefficient (Wildman–Crippen LogP) is 4.95. The van der Waals surface area contributed by atoms with E-state index in [1.165, 1.54) is 30.3 Å². The molecule has 0 aliphatic carbocycles. The zero-order chi connectivity index (χ0) is 20.3. The summed E-state index contributed by atoms with van der Waals surface area (Å²) in [6.45, 7) is 1.63. The molecule has 0 saturated carbocycles. The zero-order valence-corrected chi connectivity index (χ0v) is 14.9. The molecule has 0 aromatic heterocycles. The van der Waals surface area contributed by atoms with Crippen LogP contribution in [-0.4, -0.2) is 22.6 Å². The molecular formula is C21H16FNO5. The molecule has 0 fully saturated rings. The second kappa shape index (κ2) is 7.87. The van der Waals surface area contributed by atoms with Gasteiger partial charge in [0.25, 0.3) is 5.69 Å². The number of carbonyl (C=O) groups excluding carboxylic acids is 1. The lowest BCUT2D eigenvalue weighted by Crippen LogP contribution is -2.09. The standard InChI is InChI=1S/C21H16FNO5/c1-2-28-21(25)19-17(24)12-16(13-6-4-3-5-7-13)20(22)18(19)14-8-10-15(11-9-14)23(26)27/h3-12,24H,2H2,1H3. The lowest BCUT2D eigenvalue weighted by Gasteiger charge is -2.15. The van der Waals surface area contributed by atoms with Gasteiger partial charge in [0.1, 0.15) is 17.1 Å². The van der Waals surface area contributed by atoms with Crippen LogP contribution < -0.4 is 0 Å². The number of aromatic hydroxyl groups is 1. The Morgan fingerprint density at radius 3 is 2.32 bits per heavy atom. The van der Waals surface area contributed by atoms with Crippen LogP contribution in [0.3, 0.4) is 0 Å². The molecule has 0 saturated heterocycles. The van der Waals surface area contributed by atoms with Gasteiger partial charge in [-0.25, -0.2) is 9.18 Å². The first-order valence-corrected chi connectivity index (χ1v) is 8.46. The number of nitro groups is 1. The van der Waals surface area contributed by atoms with Crippen molar-refractivity contribution in [2.75, 3.05) is 6.61 Å². The molecule has 0 unspecified atom stereocenters. The third-order valence-electron chi connectivity index (χ3n) is 4.17. The summed E-state index contributed by atoms with van der Waals surface area (Å²) in [6.07, 6.45) is 0. The van der Waals surface area contributed by atoms with E-state index in [0.29, 0.717) is 5.56 Å². The third-order valence-corrected chi connectivity index (χ3v) is 4.17. The maximum absolute atomic E-state index is 15.5. The molecule has 0 radical (unpaired) electrons. The normalized spacial score (nSPS) is 10.5. The molecule has 7 heteroatoms. The zero-order valence-electron chi connectivity index (χ0n) is 14.9. The number of carbonyl (C=O) groups is 1. The predicted molar refractivity (Wildman–Crippen MR) is 102 cm³/mol. The molecule has 0 atom stereocenters. The number of nitro benzene ring substituents is 1. The second-order valence-electron chi connectivity index (χ2n) is 5.90. The number of ether oxygens (including phenoxy) is 1. The van der Waals surface area contributed by atoms with Crippen molar-refractivity contribution in [1.29, 1.82) is 0 Å². The van der Waals surface area contributed by atoms with E-state index in [1.807, 2.05) is 0 Å². The topological polar surface area (TPSA) is 89.7 Å². The largest absolute Gasteiger partial charge is 0.507 e. The molecule has 28 heavy (non-hydrogen) atoms. The van der Waals surface area contributed by atoms with Crippen LogP contribution in [0.25, 0.3) is 22.3 Å². The summed E-state index contributed by atoms with van der Waals surface area (Å²) in [5.74, 6) is -2.06. The Morgan fingerprint density at radius 2 is 1.75 bits per heavy atom. The van der Waals surface area contributed by atoms with Gasteiger partial charge in [0.05, 0.1) is 11.5 Å². The molecule has 3 aromatic rings. The highest BCUT2D eigenvalue weighted by Gasteiger charge is 2.26. The number of phenolic OH excluding ortho intramolecular Hbond substituents is 1. The van der Waals surface area contributed by atoms with Crippen LogP contribution in [0, 0.1) is 15.9 Å². The van der Waals surface area contributed by atoms with E-state index in [9.17, 15) is 20.0 Å². The van der Waals surface area contributed by atoms with Crippen LogP contribution in [0.1, 0.15) is 17.3 Å². The van der Waals surface area contributed by atoms with Crippen LogP contribution in [0.4, 0.5) is 10.1 Å². The summed E-state index contributed by atoms with van der Waals surface area (Å²) >= 11 is 0. The minimum absolute atomic E-state index is 0.0417. The molecule has 0 bridgehead atoms. The SMILES string of the molecule is CCOC(=O)c1c(O)cc(-c2ccccc2)c(F)c1-c1ccc([N+](=O)[O-])cc1. The molecule has 6 nitrogen and oxygen atoms in total. The minimum atomic E-state index is -0.883. The first kappa shape index (κ1) is 19.0. The molecule has 0 aliphatic heterocycles. The molecule has 3 aromatic carbocycles. The van der Waals surface area contributed by atoms with Crippen LogP contribution in [0.2, 0.25) is 0 Å². The lowest BCUT2D eigenvalue weighted by atomic mass is 9.92. The molecule has 0 aliphatic rings. The number of nitrogens with zero attached hydrogens (tertiary/aromatic N) is 1. The van der Waals surface area contributed by atoms with Crippen molar-refractivity contribution < 1.29 is 24.0 Å². The summed E-state index contributed by atoms with van der Waals surface area (Å²) in [5, 5.41) is 21.4. The number of hydrogen-bond donors (Lipinski definition) is 1. The maximum Gasteiger partial charge on any atom is 0.342 e. The van der Waals surface area contributed by atoms with E-state index in [2.05, 4.69) is 0 Å². The number of non-ortho nitro benzene ring substituents is 1. The van der Waals surface area contributed by atoms with Crippen molar-refractivity contribution in [3.05, 3.63) is 82.2 Å². The van der Waals surface area contributed by atoms with E-state index < -0.39 is 22.5 Å². The monoisotopic (exact) mass is 381 g/mol. The van der Waals surface area contributed by atoms with E-state index in [0.717, 1.165) is 0 Å². The summed E-state index contributed by atoms with van der Waals surface area (Å²) in [7, 11) is 0. The summed E-state index contributed by atoms with van der Waals surface area (Å²) < 4.78 is 20.5. The van der Waals surface area contributed by atoms with Gasteiger partial charge in [-0.2, -0.15) is 0 Å². The fraction of sp³-hybridized carbons (Fsp3) is 0.0952. The number of phenols is 1. The van der Waals surface area contributed by atoms with Crippen molar-refractivity contribution in [3.8, 4) is 28.0 Å². The number of benzene rings is 3. The van der Waals surface area contributed by atoms with Gasteiger partial charge in [0.15, 0.2) is 0 Å². The quantitative estimate of drug-likeness (QED) is 0.384. The Morgan fingerprint density at radius 1 is 1.11 bits per heavy atom. The fourth-order valence-electron chi connectivity index (χ4n) is 2.90. The van der Waals surface area contributed by atoms with E-state index in [4.69, 9.17) is 4.74 Å². The first-order chi connectivity index (χ1) is 13.4.